The summed E-state index contributed by atoms with van der Waals surface area (Å²) in [5, 5.41) is 5.09. The lowest BCUT2D eigenvalue weighted by Gasteiger charge is -1.98. The molecule has 2 aromatic carbocycles. The predicted molar refractivity (Wildman–Crippen MR) is 66.8 cm³/mol. The SMILES string of the molecule is Cc1ccc(Cc2noc3ccc[c]c23)cc1. The average Bonchev–Trinajstić information content (AvgIpc) is 2.76. The summed E-state index contributed by atoms with van der Waals surface area (Å²) in [6, 6.07) is 17.4. The molecule has 0 atom stereocenters. The Balaban J connectivity index is 1.97. The normalized spacial score (nSPS) is 10.9. The summed E-state index contributed by atoms with van der Waals surface area (Å²) in [5.41, 5.74) is 4.26. The molecule has 3 aromatic rings. The van der Waals surface area contributed by atoms with Gasteiger partial charge in [-0.2, -0.15) is 0 Å². The quantitative estimate of drug-likeness (QED) is 0.663. The second kappa shape index (κ2) is 4.06. The van der Waals surface area contributed by atoms with E-state index in [1.54, 1.807) is 0 Å². The van der Waals surface area contributed by atoms with E-state index in [0.717, 1.165) is 23.1 Å². The molecule has 0 N–H and O–H groups in total. The summed E-state index contributed by atoms with van der Waals surface area (Å²) in [4.78, 5) is 0. The summed E-state index contributed by atoms with van der Waals surface area (Å²) in [5.74, 6) is 0. The third-order valence-electron chi connectivity index (χ3n) is 2.85. The smallest absolute Gasteiger partial charge is 0.167 e. The topological polar surface area (TPSA) is 26.0 Å². The van der Waals surface area contributed by atoms with Crippen LogP contribution in [0.15, 0.2) is 47.0 Å². The van der Waals surface area contributed by atoms with Gasteiger partial charge in [0, 0.05) is 6.42 Å². The van der Waals surface area contributed by atoms with E-state index >= 15 is 0 Å². The van der Waals surface area contributed by atoms with E-state index in [-0.39, 0.29) is 0 Å². The van der Waals surface area contributed by atoms with Crippen molar-refractivity contribution < 1.29 is 4.52 Å². The number of fused-ring (bicyclic) bond motifs is 1. The Morgan fingerprint density at radius 1 is 1.18 bits per heavy atom. The first-order valence-electron chi connectivity index (χ1n) is 5.63. The van der Waals surface area contributed by atoms with E-state index in [0.29, 0.717) is 0 Å². The minimum atomic E-state index is 0.786. The molecular formula is C15H12NO. The molecule has 83 valence electrons. The molecule has 2 heteroatoms. The highest BCUT2D eigenvalue weighted by atomic mass is 16.5. The first-order valence-corrected chi connectivity index (χ1v) is 5.63. The maximum atomic E-state index is 5.26. The van der Waals surface area contributed by atoms with Crippen molar-refractivity contribution in [2.75, 3.05) is 0 Å². The molecule has 0 amide bonds. The van der Waals surface area contributed by atoms with Crippen LogP contribution in [0.4, 0.5) is 0 Å². The van der Waals surface area contributed by atoms with Crippen LogP contribution >= 0.6 is 0 Å². The van der Waals surface area contributed by atoms with Crippen LogP contribution in [0, 0.1) is 13.0 Å². The Morgan fingerprint density at radius 3 is 2.82 bits per heavy atom. The van der Waals surface area contributed by atoms with Gasteiger partial charge in [-0.3, -0.25) is 0 Å². The molecule has 0 fully saturated rings. The minimum absolute atomic E-state index is 0.786. The molecule has 0 saturated heterocycles. The number of benzene rings is 2. The lowest BCUT2D eigenvalue weighted by atomic mass is 10.1. The van der Waals surface area contributed by atoms with Crippen molar-refractivity contribution in [3.05, 3.63) is 65.4 Å². The van der Waals surface area contributed by atoms with E-state index < -0.39 is 0 Å². The van der Waals surface area contributed by atoms with E-state index in [1.165, 1.54) is 11.1 Å². The monoisotopic (exact) mass is 222 g/mol. The zero-order valence-electron chi connectivity index (χ0n) is 9.60. The van der Waals surface area contributed by atoms with Crippen molar-refractivity contribution in [2.24, 2.45) is 0 Å². The third-order valence-corrected chi connectivity index (χ3v) is 2.85. The predicted octanol–water partition coefficient (Wildman–Crippen LogP) is 3.53. The number of hydrogen-bond acceptors (Lipinski definition) is 2. The number of aromatic nitrogens is 1. The number of rotatable bonds is 2. The Morgan fingerprint density at radius 2 is 2.00 bits per heavy atom. The largest absolute Gasteiger partial charge is 0.356 e. The fourth-order valence-corrected chi connectivity index (χ4v) is 1.89. The molecule has 0 aliphatic rings. The van der Waals surface area contributed by atoms with E-state index in [2.05, 4.69) is 42.4 Å². The number of hydrogen-bond donors (Lipinski definition) is 0. The summed E-state index contributed by atoms with van der Waals surface area (Å²) in [7, 11) is 0. The lowest BCUT2D eigenvalue weighted by molar-refractivity contribution is 0.448. The third kappa shape index (κ3) is 1.94. The molecule has 0 spiro atoms. The Kier molecular flexibility index (Phi) is 2.41. The molecule has 2 nitrogen and oxygen atoms in total. The van der Waals surface area contributed by atoms with Gasteiger partial charge >= 0.3 is 0 Å². The zero-order chi connectivity index (χ0) is 11.7. The van der Waals surface area contributed by atoms with Gasteiger partial charge in [-0.25, -0.2) is 0 Å². The van der Waals surface area contributed by atoms with Crippen LogP contribution in [0.25, 0.3) is 11.0 Å². The van der Waals surface area contributed by atoms with Crippen LogP contribution in [0.2, 0.25) is 0 Å². The molecule has 1 aromatic heterocycles. The summed E-state index contributed by atoms with van der Waals surface area (Å²) >= 11 is 0. The molecular weight excluding hydrogens is 210 g/mol. The number of aryl methyl sites for hydroxylation is 1. The van der Waals surface area contributed by atoms with Crippen molar-refractivity contribution in [3.8, 4) is 0 Å². The molecule has 1 radical (unpaired) electrons. The maximum Gasteiger partial charge on any atom is 0.167 e. The van der Waals surface area contributed by atoms with E-state index in [9.17, 15) is 0 Å². The Labute approximate surface area is 99.9 Å². The molecule has 1 heterocycles. The highest BCUT2D eigenvalue weighted by molar-refractivity contribution is 5.78. The average molecular weight is 222 g/mol. The first-order chi connectivity index (χ1) is 8.33. The van der Waals surface area contributed by atoms with Crippen molar-refractivity contribution in [3.63, 3.8) is 0 Å². The van der Waals surface area contributed by atoms with Gasteiger partial charge < -0.3 is 4.52 Å². The van der Waals surface area contributed by atoms with Crippen molar-refractivity contribution >= 4 is 11.0 Å². The first kappa shape index (κ1) is 10.1. The molecule has 0 aliphatic heterocycles. The lowest BCUT2D eigenvalue weighted by Crippen LogP contribution is -1.88. The van der Waals surface area contributed by atoms with Crippen LogP contribution in [0.1, 0.15) is 16.8 Å². The van der Waals surface area contributed by atoms with Crippen LogP contribution in [0.3, 0.4) is 0 Å². The maximum absolute atomic E-state index is 5.26. The molecule has 0 bridgehead atoms. The fourth-order valence-electron chi connectivity index (χ4n) is 1.89. The summed E-state index contributed by atoms with van der Waals surface area (Å²) < 4.78 is 5.26. The Hall–Kier alpha value is -2.09. The number of nitrogens with zero attached hydrogens (tertiary/aromatic N) is 1. The molecule has 3 rings (SSSR count). The van der Waals surface area contributed by atoms with Gasteiger partial charge in [-0.15, -0.1) is 0 Å². The van der Waals surface area contributed by atoms with Gasteiger partial charge in [0.2, 0.25) is 0 Å². The molecule has 17 heavy (non-hydrogen) atoms. The highest BCUT2D eigenvalue weighted by Gasteiger charge is 2.07. The second-order valence-corrected chi connectivity index (χ2v) is 4.20. The van der Waals surface area contributed by atoms with Gasteiger partial charge in [0.1, 0.15) is 0 Å². The minimum Gasteiger partial charge on any atom is -0.356 e. The second-order valence-electron chi connectivity index (χ2n) is 4.20. The van der Waals surface area contributed by atoms with Crippen LogP contribution in [0.5, 0.6) is 0 Å². The summed E-state index contributed by atoms with van der Waals surface area (Å²) in [6.07, 6.45) is 0.786. The van der Waals surface area contributed by atoms with Crippen molar-refractivity contribution in [1.82, 2.24) is 5.16 Å². The molecule has 0 unspecified atom stereocenters. The van der Waals surface area contributed by atoms with Crippen LogP contribution < -0.4 is 0 Å². The van der Waals surface area contributed by atoms with Gasteiger partial charge in [0.05, 0.1) is 11.1 Å². The van der Waals surface area contributed by atoms with Gasteiger partial charge in [-0.05, 0) is 24.6 Å². The zero-order valence-corrected chi connectivity index (χ0v) is 9.60. The summed E-state index contributed by atoms with van der Waals surface area (Å²) in [6.45, 7) is 2.09. The van der Waals surface area contributed by atoms with Gasteiger partial charge in [-0.1, -0.05) is 47.1 Å². The van der Waals surface area contributed by atoms with Gasteiger partial charge in [0.25, 0.3) is 0 Å². The highest BCUT2D eigenvalue weighted by Crippen LogP contribution is 2.20. The standard InChI is InChI=1S/C15H12NO/c1-11-6-8-12(9-7-11)10-14-13-4-2-3-5-15(13)17-16-14/h2-3,5-9H,10H2,1H3. The van der Waals surface area contributed by atoms with E-state index in [4.69, 9.17) is 4.52 Å². The molecule has 0 aliphatic carbocycles. The van der Waals surface area contributed by atoms with Crippen LogP contribution in [-0.4, -0.2) is 5.16 Å². The van der Waals surface area contributed by atoms with E-state index in [1.807, 2.05) is 18.2 Å². The van der Waals surface area contributed by atoms with Crippen molar-refractivity contribution in [1.29, 1.82) is 0 Å². The van der Waals surface area contributed by atoms with Gasteiger partial charge in [0.15, 0.2) is 5.58 Å². The van der Waals surface area contributed by atoms with Crippen molar-refractivity contribution in [2.45, 2.75) is 13.3 Å². The molecule has 0 saturated carbocycles. The fraction of sp³-hybridized carbons (Fsp3) is 0.133. The Bertz CT molecular complexity index is 637. The van der Waals surface area contributed by atoms with Crippen LogP contribution in [-0.2, 0) is 6.42 Å².